The summed E-state index contributed by atoms with van der Waals surface area (Å²) in [5.41, 5.74) is -1.68. The fourth-order valence-corrected chi connectivity index (χ4v) is 2.68. The van der Waals surface area contributed by atoms with Crippen LogP contribution in [0.4, 0.5) is 15.4 Å². The Balaban J connectivity index is 3.03. The fourth-order valence-electron chi connectivity index (χ4n) is 1.91. The predicted molar refractivity (Wildman–Crippen MR) is 113 cm³/mol. The molecule has 29 heavy (non-hydrogen) atoms. The van der Waals surface area contributed by atoms with Gasteiger partial charge < -0.3 is 19.8 Å². The summed E-state index contributed by atoms with van der Waals surface area (Å²) < 4.78 is 10.8. The smallest absolute Gasteiger partial charge is 0.417 e. The highest BCUT2D eigenvalue weighted by atomic mass is 32.1. The van der Waals surface area contributed by atoms with Crippen molar-refractivity contribution in [1.29, 1.82) is 5.41 Å². The predicted octanol–water partition coefficient (Wildman–Crippen LogP) is 3.83. The minimum Gasteiger partial charge on any atom is -0.444 e. The molecule has 1 rings (SSSR count). The van der Waals surface area contributed by atoms with E-state index in [2.05, 4.69) is 15.6 Å². The second-order valence-corrected chi connectivity index (χ2v) is 9.60. The molecule has 0 aromatic carbocycles. The molecule has 0 saturated heterocycles. The van der Waals surface area contributed by atoms with Crippen LogP contribution in [0.25, 0.3) is 0 Å². The van der Waals surface area contributed by atoms with Gasteiger partial charge in [-0.3, -0.25) is 15.5 Å². The Morgan fingerprint density at radius 3 is 2.17 bits per heavy atom. The number of guanidine groups is 1. The van der Waals surface area contributed by atoms with E-state index < -0.39 is 41.3 Å². The van der Waals surface area contributed by atoms with Crippen molar-refractivity contribution >= 4 is 53.4 Å². The number of nitrogens with one attached hydrogen (secondary N) is 4. The Morgan fingerprint density at radius 2 is 1.72 bits per heavy atom. The van der Waals surface area contributed by atoms with Crippen molar-refractivity contribution in [2.45, 2.75) is 65.7 Å². The summed E-state index contributed by atoms with van der Waals surface area (Å²) in [6, 6.07) is -1.19. The van der Waals surface area contributed by atoms with Crippen LogP contribution in [0.15, 0.2) is 5.38 Å². The highest BCUT2D eigenvalue weighted by Crippen LogP contribution is 2.15. The van der Waals surface area contributed by atoms with Crippen LogP contribution >= 0.6 is 23.6 Å². The molecule has 12 heteroatoms. The van der Waals surface area contributed by atoms with Gasteiger partial charge in [-0.25, -0.2) is 14.5 Å². The zero-order valence-electron chi connectivity index (χ0n) is 17.5. The zero-order chi connectivity index (χ0) is 22.6. The molecule has 0 aliphatic heterocycles. The molecule has 0 aliphatic rings. The highest BCUT2D eigenvalue weighted by Gasteiger charge is 2.34. The van der Waals surface area contributed by atoms with Crippen LogP contribution in [-0.4, -0.2) is 51.2 Å². The standard InChI is InChI=1S/C17H27N5O5S2/c1-9(11(23)19-10-8-29-14(28)20-10)22(15(25)27-17(5,6)7)12(18)21-13(24)26-16(2,3)4/h8-9H,1-7H3,(H,19,23)(H,20,28)(H2,18,21,24). The van der Waals surface area contributed by atoms with E-state index in [-0.39, 0.29) is 0 Å². The molecule has 0 saturated carbocycles. The van der Waals surface area contributed by atoms with Gasteiger partial charge in [0.2, 0.25) is 11.9 Å². The number of ether oxygens (including phenoxy) is 2. The summed E-state index contributed by atoms with van der Waals surface area (Å²) in [6.45, 7) is 11.3. The van der Waals surface area contributed by atoms with Crippen LogP contribution in [0.2, 0.25) is 0 Å². The second kappa shape index (κ2) is 9.35. The number of thiazole rings is 1. The fraction of sp³-hybridized carbons (Fsp3) is 0.588. The molecule has 0 radical (unpaired) electrons. The van der Waals surface area contributed by atoms with Crippen LogP contribution in [0.3, 0.4) is 0 Å². The molecule has 4 N–H and O–H groups in total. The van der Waals surface area contributed by atoms with Gasteiger partial charge in [-0.2, -0.15) is 0 Å². The molecule has 1 aromatic rings. The quantitative estimate of drug-likeness (QED) is 0.317. The Kier molecular flexibility index (Phi) is 7.92. The molecule has 1 aromatic heterocycles. The molecule has 0 aliphatic carbocycles. The first-order valence-electron chi connectivity index (χ1n) is 8.68. The van der Waals surface area contributed by atoms with Crippen molar-refractivity contribution < 1.29 is 23.9 Å². The lowest BCUT2D eigenvalue weighted by molar-refractivity contribution is -0.119. The molecule has 3 amide bonds. The third kappa shape index (κ3) is 8.60. The van der Waals surface area contributed by atoms with E-state index in [1.54, 1.807) is 46.9 Å². The van der Waals surface area contributed by atoms with Crippen molar-refractivity contribution in [2.24, 2.45) is 0 Å². The molecular weight excluding hydrogens is 418 g/mol. The summed E-state index contributed by atoms with van der Waals surface area (Å²) in [7, 11) is 0. The van der Waals surface area contributed by atoms with Gasteiger partial charge in [0.05, 0.1) is 0 Å². The van der Waals surface area contributed by atoms with Crippen LogP contribution in [0.1, 0.15) is 48.5 Å². The molecule has 10 nitrogen and oxygen atoms in total. The SMILES string of the molecule is CC(C(=O)Nc1csc(=S)[nH]1)N(C(=N)NC(=O)OC(C)(C)C)C(=O)OC(C)(C)C. The van der Waals surface area contributed by atoms with Gasteiger partial charge in [0, 0.05) is 5.38 Å². The third-order valence-corrected chi connectivity index (χ3v) is 4.06. The molecular formula is C17H27N5O5S2. The van der Waals surface area contributed by atoms with Gasteiger partial charge in [-0.05, 0) is 60.7 Å². The van der Waals surface area contributed by atoms with E-state index in [9.17, 15) is 14.4 Å². The lowest BCUT2D eigenvalue weighted by atomic mass is 10.2. The van der Waals surface area contributed by atoms with Crippen molar-refractivity contribution in [3.63, 3.8) is 0 Å². The van der Waals surface area contributed by atoms with E-state index in [0.29, 0.717) is 9.77 Å². The number of hydrogen-bond acceptors (Lipinski definition) is 8. The van der Waals surface area contributed by atoms with Gasteiger partial charge in [0.25, 0.3) is 0 Å². The molecule has 1 atom stereocenters. The summed E-state index contributed by atoms with van der Waals surface area (Å²) >= 11 is 6.19. The number of alkyl carbamates (subject to hydrolysis) is 1. The van der Waals surface area contributed by atoms with Crippen molar-refractivity contribution in [3.8, 4) is 0 Å². The van der Waals surface area contributed by atoms with E-state index in [4.69, 9.17) is 27.1 Å². The summed E-state index contributed by atoms with van der Waals surface area (Å²) in [4.78, 5) is 40.7. The van der Waals surface area contributed by atoms with E-state index in [0.717, 1.165) is 4.90 Å². The van der Waals surface area contributed by atoms with Gasteiger partial charge in [-0.15, -0.1) is 11.3 Å². The molecule has 1 heterocycles. The number of rotatable bonds is 3. The van der Waals surface area contributed by atoms with Crippen LogP contribution in [-0.2, 0) is 14.3 Å². The second-order valence-electron chi connectivity index (χ2n) is 8.05. The van der Waals surface area contributed by atoms with Gasteiger partial charge in [-0.1, -0.05) is 0 Å². The maximum absolute atomic E-state index is 12.6. The normalized spacial score (nSPS) is 12.5. The van der Waals surface area contributed by atoms with Gasteiger partial charge >= 0.3 is 12.2 Å². The lowest BCUT2D eigenvalue weighted by Crippen LogP contribution is -2.55. The number of aromatic amines is 1. The average Bonchev–Trinajstić information content (AvgIpc) is 2.88. The third-order valence-electron chi connectivity index (χ3n) is 3.00. The number of anilines is 1. The number of H-pyrrole nitrogens is 1. The monoisotopic (exact) mass is 445 g/mol. The summed E-state index contributed by atoms with van der Waals surface area (Å²) in [5.74, 6) is -0.919. The van der Waals surface area contributed by atoms with Crippen molar-refractivity contribution in [3.05, 3.63) is 9.33 Å². The minimum atomic E-state index is -1.19. The number of carbonyl (C=O) groups is 3. The average molecular weight is 446 g/mol. The topological polar surface area (TPSA) is 137 Å². The zero-order valence-corrected chi connectivity index (χ0v) is 19.1. The molecule has 0 spiro atoms. The van der Waals surface area contributed by atoms with Crippen molar-refractivity contribution in [2.75, 3.05) is 5.32 Å². The van der Waals surface area contributed by atoms with Crippen molar-refractivity contribution in [1.82, 2.24) is 15.2 Å². The maximum atomic E-state index is 12.6. The first-order valence-corrected chi connectivity index (χ1v) is 9.97. The van der Waals surface area contributed by atoms with Crippen LogP contribution in [0, 0.1) is 9.36 Å². The number of aromatic nitrogens is 1. The lowest BCUT2D eigenvalue weighted by Gasteiger charge is -2.31. The van der Waals surface area contributed by atoms with Crippen LogP contribution < -0.4 is 10.6 Å². The molecule has 0 fully saturated rings. The Morgan fingerprint density at radius 1 is 1.17 bits per heavy atom. The summed E-state index contributed by atoms with van der Waals surface area (Å²) in [5, 5.41) is 14.5. The molecule has 0 bridgehead atoms. The van der Waals surface area contributed by atoms with Gasteiger partial charge in [0.1, 0.15) is 23.1 Å². The van der Waals surface area contributed by atoms with Crippen LogP contribution in [0.5, 0.6) is 0 Å². The largest absolute Gasteiger partial charge is 0.444 e. The number of nitrogens with zero attached hydrogens (tertiary/aromatic N) is 1. The minimum absolute atomic E-state index is 0.354. The highest BCUT2D eigenvalue weighted by molar-refractivity contribution is 7.73. The number of carbonyl (C=O) groups excluding carboxylic acids is 3. The first-order chi connectivity index (χ1) is 13.1. The maximum Gasteiger partial charge on any atom is 0.417 e. The Bertz CT molecular complexity index is 834. The van der Waals surface area contributed by atoms with Gasteiger partial charge in [0.15, 0.2) is 3.95 Å². The van der Waals surface area contributed by atoms with E-state index >= 15 is 0 Å². The Labute approximate surface area is 178 Å². The molecule has 162 valence electrons. The number of hydrogen-bond donors (Lipinski definition) is 4. The van der Waals surface area contributed by atoms with E-state index in [1.807, 2.05) is 0 Å². The molecule has 1 unspecified atom stereocenters. The number of amides is 3. The first kappa shape index (κ1) is 24.6. The van der Waals surface area contributed by atoms with E-state index in [1.165, 1.54) is 18.3 Å². The summed E-state index contributed by atoms with van der Waals surface area (Å²) in [6.07, 6.45) is -1.91. The Hall–Kier alpha value is -2.47.